The molecule has 2 aromatic carbocycles. The van der Waals surface area contributed by atoms with E-state index in [1.54, 1.807) is 49.6 Å². The van der Waals surface area contributed by atoms with Crippen LogP contribution in [0.1, 0.15) is 22.7 Å². The Bertz CT molecular complexity index is 1220. The van der Waals surface area contributed by atoms with E-state index in [4.69, 9.17) is 10.5 Å². The van der Waals surface area contributed by atoms with Gasteiger partial charge in [-0.2, -0.15) is 13.2 Å². The van der Waals surface area contributed by atoms with E-state index >= 15 is 0 Å². The number of nitrogens with one attached hydrogen (secondary N) is 2. The molecule has 33 heavy (non-hydrogen) atoms. The van der Waals surface area contributed by atoms with Crippen molar-refractivity contribution in [1.29, 1.82) is 0 Å². The van der Waals surface area contributed by atoms with Gasteiger partial charge in [0, 0.05) is 18.1 Å². The Balaban J connectivity index is 1.76. The Kier molecular flexibility index (Phi) is 5.54. The molecule has 2 atom stereocenters. The maximum Gasteiger partial charge on any atom is 0.491 e. The number of benzene rings is 2. The topological polar surface area (TPSA) is 106 Å². The number of nitrogens with two attached hydrogens (primary N) is 1. The quantitative estimate of drug-likeness (QED) is 0.411. The average molecular weight is 456 g/mol. The number of carbonyl (C=O) groups excluding carboxylic acids is 2. The number of halogens is 3. The second-order valence-corrected chi connectivity index (χ2v) is 7.54. The number of hydrogen-bond acceptors (Lipinski definition) is 6. The number of amides is 1. The number of rotatable bonds is 4. The molecule has 170 valence electrons. The molecule has 1 saturated heterocycles. The molecule has 0 saturated carbocycles. The van der Waals surface area contributed by atoms with Gasteiger partial charge in [-0.1, -0.05) is 36.4 Å². The van der Waals surface area contributed by atoms with Crippen LogP contribution in [0.3, 0.4) is 0 Å². The molecule has 3 aromatic rings. The van der Waals surface area contributed by atoms with E-state index in [0.29, 0.717) is 11.1 Å². The van der Waals surface area contributed by atoms with Crippen LogP contribution >= 0.6 is 0 Å². The van der Waals surface area contributed by atoms with Crippen LogP contribution in [0.2, 0.25) is 0 Å². The number of alkyl halides is 3. The summed E-state index contributed by atoms with van der Waals surface area (Å²) in [5.74, 6) is -5.47. The number of anilines is 1. The normalized spacial score (nSPS) is 20.4. The summed E-state index contributed by atoms with van der Waals surface area (Å²) in [5, 5.41) is 5.11. The third kappa shape index (κ3) is 4.24. The van der Waals surface area contributed by atoms with E-state index in [0.717, 1.165) is 11.1 Å². The highest BCUT2D eigenvalue weighted by Gasteiger charge is 2.54. The highest BCUT2D eigenvalue weighted by molar-refractivity contribution is 5.88. The molecule has 1 fully saturated rings. The lowest BCUT2D eigenvalue weighted by Gasteiger charge is -2.31. The molecule has 0 spiro atoms. The van der Waals surface area contributed by atoms with Crippen LogP contribution in [0.15, 0.2) is 67.0 Å². The highest BCUT2D eigenvalue weighted by atomic mass is 19.4. The second kappa shape index (κ2) is 8.21. The van der Waals surface area contributed by atoms with E-state index < -0.39 is 29.9 Å². The summed E-state index contributed by atoms with van der Waals surface area (Å²) in [7, 11) is 0. The third-order valence-electron chi connectivity index (χ3n) is 5.30. The summed E-state index contributed by atoms with van der Waals surface area (Å²) in [6.07, 6.45) is -2.02. The fourth-order valence-corrected chi connectivity index (χ4v) is 3.66. The molecule has 0 radical (unpaired) electrons. The lowest BCUT2D eigenvalue weighted by molar-refractivity contribution is -0.220. The Morgan fingerprint density at radius 3 is 2.55 bits per heavy atom. The van der Waals surface area contributed by atoms with Crippen LogP contribution in [-0.2, 0) is 20.2 Å². The number of pyridine rings is 1. The first kappa shape index (κ1) is 22.3. The molecule has 7 nitrogen and oxygen atoms in total. The highest BCUT2D eigenvalue weighted by Crippen LogP contribution is 2.37. The first-order chi connectivity index (χ1) is 15.6. The van der Waals surface area contributed by atoms with Gasteiger partial charge in [0.2, 0.25) is 5.91 Å². The Hall–Kier alpha value is -3.92. The molecule has 10 heteroatoms. The fourth-order valence-electron chi connectivity index (χ4n) is 3.66. The van der Waals surface area contributed by atoms with Gasteiger partial charge in [-0.3, -0.25) is 15.1 Å². The van der Waals surface area contributed by atoms with Crippen molar-refractivity contribution < 1.29 is 27.5 Å². The number of hydrogen-bond donors (Lipinski definition) is 3. The van der Waals surface area contributed by atoms with Crippen molar-refractivity contribution >= 4 is 17.6 Å². The summed E-state index contributed by atoms with van der Waals surface area (Å²) >= 11 is 0. The van der Waals surface area contributed by atoms with Gasteiger partial charge >= 0.3 is 12.1 Å². The van der Waals surface area contributed by atoms with Crippen molar-refractivity contribution in [3.05, 3.63) is 83.7 Å². The lowest BCUT2D eigenvalue weighted by Crippen LogP contribution is -2.52. The molecule has 0 bridgehead atoms. The molecule has 0 aliphatic carbocycles. The number of para-hydroxylation sites is 1. The minimum atomic E-state index is -5.28. The van der Waals surface area contributed by atoms with Crippen LogP contribution < -0.4 is 16.4 Å². The van der Waals surface area contributed by atoms with Gasteiger partial charge in [-0.05, 0) is 47.4 Å². The van der Waals surface area contributed by atoms with Gasteiger partial charge in [0.05, 0.1) is 5.56 Å². The number of aromatic nitrogens is 1. The predicted octanol–water partition coefficient (Wildman–Crippen LogP) is 3.32. The average Bonchev–Trinajstić information content (AvgIpc) is 3.12. The SMILES string of the molecule is Cc1cccc(C2(OC(=O)C(F)(F)F)NC(=O)C(c3cccc(-c4cccnc4)c3)N2)c1N. The molecule has 4 N–H and O–H groups in total. The molecule has 2 heterocycles. The van der Waals surface area contributed by atoms with E-state index in [2.05, 4.69) is 15.6 Å². The van der Waals surface area contributed by atoms with Crippen molar-refractivity contribution in [2.45, 2.75) is 25.0 Å². The minimum absolute atomic E-state index is 0.0145. The van der Waals surface area contributed by atoms with Gasteiger partial charge < -0.3 is 10.5 Å². The zero-order valence-corrected chi connectivity index (χ0v) is 17.3. The maximum absolute atomic E-state index is 13.1. The number of nitrogens with zero attached hydrogens (tertiary/aromatic N) is 1. The van der Waals surface area contributed by atoms with E-state index in [9.17, 15) is 22.8 Å². The molecule has 1 aromatic heterocycles. The largest absolute Gasteiger partial charge is 0.491 e. The van der Waals surface area contributed by atoms with Crippen LogP contribution in [0.5, 0.6) is 0 Å². The molecule has 4 rings (SSSR count). The molecule has 1 aliphatic rings. The van der Waals surface area contributed by atoms with Gasteiger partial charge in [0.15, 0.2) is 0 Å². The van der Waals surface area contributed by atoms with Crippen LogP contribution in [-0.4, -0.2) is 23.0 Å². The van der Waals surface area contributed by atoms with Gasteiger partial charge in [0.1, 0.15) is 6.04 Å². The van der Waals surface area contributed by atoms with Crippen LogP contribution in [0.25, 0.3) is 11.1 Å². The zero-order chi connectivity index (χ0) is 23.8. The standard InChI is InChI=1S/C23H19F3N4O3/c1-13-5-2-9-17(18(13)27)23(33-21(32)22(24,25)26)29-19(20(31)30-23)15-7-3-6-14(11-15)16-8-4-10-28-12-16/h2-12,19,29H,27H2,1H3,(H,30,31). The van der Waals surface area contributed by atoms with Crippen LogP contribution in [0.4, 0.5) is 18.9 Å². The zero-order valence-electron chi connectivity index (χ0n) is 17.3. The number of ether oxygens (including phenoxy) is 1. The van der Waals surface area contributed by atoms with E-state index in [1.165, 1.54) is 12.1 Å². The summed E-state index contributed by atoms with van der Waals surface area (Å²) in [5.41, 5.74) is 8.67. The molecule has 1 aliphatic heterocycles. The van der Waals surface area contributed by atoms with Crippen molar-refractivity contribution in [2.24, 2.45) is 0 Å². The first-order valence-corrected chi connectivity index (χ1v) is 9.86. The summed E-state index contributed by atoms with van der Waals surface area (Å²) in [4.78, 5) is 28.8. The maximum atomic E-state index is 13.1. The number of nitrogen functional groups attached to an aromatic ring is 1. The number of carbonyl (C=O) groups is 2. The fraction of sp³-hybridized carbons (Fsp3) is 0.174. The Morgan fingerprint density at radius 2 is 1.85 bits per heavy atom. The van der Waals surface area contributed by atoms with Gasteiger partial charge in [0.25, 0.3) is 5.85 Å². The smallest absolute Gasteiger partial charge is 0.414 e. The summed E-state index contributed by atoms with van der Waals surface area (Å²) in [6.45, 7) is 1.64. The Morgan fingerprint density at radius 1 is 1.12 bits per heavy atom. The second-order valence-electron chi connectivity index (χ2n) is 7.54. The monoisotopic (exact) mass is 456 g/mol. The Labute approximate surface area is 186 Å². The van der Waals surface area contributed by atoms with E-state index in [1.807, 2.05) is 12.1 Å². The number of aryl methyl sites for hydroxylation is 1. The molecular weight excluding hydrogens is 437 g/mol. The van der Waals surface area contributed by atoms with Crippen molar-refractivity contribution in [2.75, 3.05) is 5.73 Å². The first-order valence-electron chi connectivity index (χ1n) is 9.86. The van der Waals surface area contributed by atoms with Crippen molar-refractivity contribution in [3.8, 4) is 11.1 Å². The molecular formula is C23H19F3N4O3. The summed E-state index contributed by atoms with van der Waals surface area (Å²) < 4.78 is 44.0. The predicted molar refractivity (Wildman–Crippen MR) is 113 cm³/mol. The van der Waals surface area contributed by atoms with Crippen molar-refractivity contribution in [1.82, 2.24) is 15.6 Å². The lowest BCUT2D eigenvalue weighted by atomic mass is 10.00. The van der Waals surface area contributed by atoms with Gasteiger partial charge in [-0.25, -0.2) is 10.1 Å². The third-order valence-corrected chi connectivity index (χ3v) is 5.30. The molecule has 1 amide bonds. The van der Waals surface area contributed by atoms with E-state index in [-0.39, 0.29) is 11.3 Å². The minimum Gasteiger partial charge on any atom is -0.414 e. The van der Waals surface area contributed by atoms with Gasteiger partial charge in [-0.15, -0.1) is 0 Å². The molecule has 2 unspecified atom stereocenters. The van der Waals surface area contributed by atoms with Crippen LogP contribution in [0, 0.1) is 6.92 Å². The number of esters is 1. The summed E-state index contributed by atoms with van der Waals surface area (Å²) in [6, 6.07) is 13.9. The van der Waals surface area contributed by atoms with Crippen molar-refractivity contribution in [3.63, 3.8) is 0 Å².